The molecule has 0 aliphatic carbocycles. The summed E-state index contributed by atoms with van der Waals surface area (Å²) >= 11 is 0. The van der Waals surface area contributed by atoms with Crippen molar-refractivity contribution in [2.75, 3.05) is 18.7 Å². The van der Waals surface area contributed by atoms with E-state index in [0.717, 1.165) is 17.7 Å². The third-order valence-electron chi connectivity index (χ3n) is 5.67. The first-order valence-electron chi connectivity index (χ1n) is 11.4. The summed E-state index contributed by atoms with van der Waals surface area (Å²) in [6.45, 7) is 5.58. The van der Waals surface area contributed by atoms with Gasteiger partial charge in [0.1, 0.15) is 29.7 Å². The van der Waals surface area contributed by atoms with Gasteiger partial charge in [-0.2, -0.15) is 0 Å². The van der Waals surface area contributed by atoms with Crippen molar-refractivity contribution in [1.29, 1.82) is 0 Å². The molecule has 1 aromatic heterocycles. The van der Waals surface area contributed by atoms with Crippen LogP contribution in [0.4, 0.5) is 19.3 Å². The minimum absolute atomic E-state index is 0.139. The molecule has 0 bridgehead atoms. The van der Waals surface area contributed by atoms with Gasteiger partial charge in [0, 0.05) is 18.7 Å². The number of carbonyl (C=O) groups is 2. The molecular formula is C26H27F2N3O5. The molecule has 1 N–H and O–H groups in total. The second-order valence-electron chi connectivity index (χ2n) is 8.73. The molecule has 0 radical (unpaired) electrons. The van der Waals surface area contributed by atoms with Crippen LogP contribution < -0.4 is 14.8 Å². The molecule has 4 rings (SSSR count). The third kappa shape index (κ3) is 5.94. The van der Waals surface area contributed by atoms with Gasteiger partial charge in [-0.05, 0) is 62.7 Å². The minimum atomic E-state index is -0.906. The molecule has 2 heterocycles. The lowest BCUT2D eigenvalue weighted by Gasteiger charge is -2.30. The molecule has 2 aromatic carbocycles. The Bertz CT molecular complexity index is 1260. The molecule has 1 aliphatic heterocycles. The van der Waals surface area contributed by atoms with Gasteiger partial charge in [0.15, 0.2) is 11.5 Å². The van der Waals surface area contributed by atoms with Gasteiger partial charge < -0.3 is 29.0 Å². The van der Waals surface area contributed by atoms with Crippen LogP contribution >= 0.6 is 0 Å². The summed E-state index contributed by atoms with van der Waals surface area (Å²) in [5, 5.41) is 2.42. The van der Waals surface area contributed by atoms with E-state index in [1.807, 2.05) is 19.1 Å². The molecule has 0 saturated heterocycles. The minimum Gasteiger partial charge on any atom is -0.464 e. The Kier molecular flexibility index (Phi) is 7.42. The topological polar surface area (TPSA) is 84.2 Å². The fourth-order valence-corrected chi connectivity index (χ4v) is 3.76. The number of carbonyl (C=O) groups excluding carboxylic acids is 2. The van der Waals surface area contributed by atoms with Crippen molar-refractivity contribution < 1.29 is 32.3 Å². The highest BCUT2D eigenvalue weighted by Crippen LogP contribution is 2.33. The Hall–Kier alpha value is -4.08. The highest BCUT2D eigenvalue weighted by Gasteiger charge is 2.26. The van der Waals surface area contributed by atoms with Crippen LogP contribution in [0.5, 0.6) is 11.5 Å². The first kappa shape index (κ1) is 25.0. The van der Waals surface area contributed by atoms with Crippen LogP contribution in [0.3, 0.4) is 0 Å². The fraction of sp³-hybridized carbons (Fsp3) is 0.308. The molecule has 0 fully saturated rings. The molecule has 36 heavy (non-hydrogen) atoms. The van der Waals surface area contributed by atoms with E-state index in [9.17, 15) is 18.4 Å². The summed E-state index contributed by atoms with van der Waals surface area (Å²) in [7, 11) is 0. The number of rotatable bonds is 8. The van der Waals surface area contributed by atoms with Gasteiger partial charge in [0.05, 0.1) is 12.2 Å². The van der Waals surface area contributed by atoms with Crippen molar-refractivity contribution in [2.45, 2.75) is 39.9 Å². The van der Waals surface area contributed by atoms with Crippen LogP contribution in [0.25, 0.3) is 0 Å². The molecule has 0 saturated carbocycles. The summed E-state index contributed by atoms with van der Waals surface area (Å²) in [6, 6.07) is 10.8. The number of aryl methyl sites for hydroxylation is 1. The van der Waals surface area contributed by atoms with Crippen LogP contribution in [-0.2, 0) is 17.9 Å². The average molecular weight is 500 g/mol. The van der Waals surface area contributed by atoms with Crippen molar-refractivity contribution in [1.82, 2.24) is 9.80 Å². The maximum Gasteiger partial charge on any atom is 0.322 e. The number of halogens is 2. The van der Waals surface area contributed by atoms with Crippen LogP contribution in [0.1, 0.15) is 30.9 Å². The molecule has 190 valence electrons. The summed E-state index contributed by atoms with van der Waals surface area (Å²) in [5.41, 5.74) is 0.632. The number of anilines is 1. The summed E-state index contributed by atoms with van der Waals surface area (Å²) in [6.07, 6.45) is 0. The number of nitrogens with zero attached hydrogens (tertiary/aromatic N) is 2. The lowest BCUT2D eigenvalue weighted by Crippen LogP contribution is -2.47. The second kappa shape index (κ2) is 10.7. The number of hydrogen-bond acceptors (Lipinski definition) is 5. The molecule has 0 unspecified atom stereocenters. The first-order valence-corrected chi connectivity index (χ1v) is 11.4. The Balaban J connectivity index is 1.52. The number of ether oxygens (including phenoxy) is 2. The molecule has 1 aliphatic rings. The van der Waals surface area contributed by atoms with E-state index in [0.29, 0.717) is 29.1 Å². The lowest BCUT2D eigenvalue weighted by molar-refractivity contribution is -0.133. The summed E-state index contributed by atoms with van der Waals surface area (Å²) in [4.78, 5) is 29.2. The first-order chi connectivity index (χ1) is 17.2. The molecule has 8 nitrogen and oxygen atoms in total. The SMILES string of the molecule is Cc1ccc(CN(Cc2ccc3c(c2)OCO3)C(=O)CN(C(=O)Nc2ccc(F)cc2F)C(C)C)o1. The van der Waals surface area contributed by atoms with E-state index in [2.05, 4.69) is 5.32 Å². The van der Waals surface area contributed by atoms with Crippen LogP contribution in [0, 0.1) is 18.6 Å². The largest absolute Gasteiger partial charge is 0.464 e. The van der Waals surface area contributed by atoms with Crippen molar-refractivity contribution in [3.63, 3.8) is 0 Å². The fourth-order valence-electron chi connectivity index (χ4n) is 3.76. The van der Waals surface area contributed by atoms with Gasteiger partial charge >= 0.3 is 6.03 Å². The summed E-state index contributed by atoms with van der Waals surface area (Å²) < 4.78 is 43.8. The summed E-state index contributed by atoms with van der Waals surface area (Å²) in [5.74, 6) is 0.530. The molecular weight excluding hydrogens is 472 g/mol. The third-order valence-corrected chi connectivity index (χ3v) is 5.67. The zero-order valence-electron chi connectivity index (χ0n) is 20.2. The Morgan fingerprint density at radius 1 is 1.00 bits per heavy atom. The predicted molar refractivity (Wildman–Crippen MR) is 127 cm³/mol. The van der Waals surface area contributed by atoms with E-state index >= 15 is 0 Å². The number of nitrogens with one attached hydrogen (secondary N) is 1. The zero-order chi connectivity index (χ0) is 25.8. The number of amides is 3. The van der Waals surface area contributed by atoms with Gasteiger partial charge in [-0.25, -0.2) is 13.6 Å². The van der Waals surface area contributed by atoms with E-state index in [-0.39, 0.29) is 44.1 Å². The van der Waals surface area contributed by atoms with Crippen LogP contribution in [0.2, 0.25) is 0 Å². The van der Waals surface area contributed by atoms with Crippen LogP contribution in [-0.4, -0.2) is 41.1 Å². The van der Waals surface area contributed by atoms with Gasteiger partial charge in [-0.1, -0.05) is 6.07 Å². The van der Waals surface area contributed by atoms with E-state index in [1.165, 1.54) is 4.90 Å². The average Bonchev–Trinajstić information content (AvgIpc) is 3.46. The molecule has 0 atom stereocenters. The Morgan fingerprint density at radius 2 is 1.78 bits per heavy atom. The standard InChI is InChI=1S/C26H27F2N3O5/c1-16(2)31(26(33)29-22-8-6-19(27)11-21(22)28)14-25(32)30(13-20-7-4-17(3)36-20)12-18-5-9-23-24(10-18)35-15-34-23/h4-11,16H,12-15H2,1-3H3,(H,29,33). The van der Waals surface area contributed by atoms with Crippen LogP contribution in [0.15, 0.2) is 52.9 Å². The lowest BCUT2D eigenvalue weighted by atomic mass is 10.1. The normalized spacial score (nSPS) is 12.1. The van der Waals surface area contributed by atoms with Gasteiger partial charge in [0.25, 0.3) is 0 Å². The molecule has 3 amide bonds. The molecule has 0 spiro atoms. The number of urea groups is 1. The van der Waals surface area contributed by atoms with Crippen molar-refractivity contribution in [3.8, 4) is 11.5 Å². The molecule has 10 heteroatoms. The van der Waals surface area contributed by atoms with E-state index in [4.69, 9.17) is 13.9 Å². The maximum atomic E-state index is 14.1. The van der Waals surface area contributed by atoms with Gasteiger partial charge in [0.2, 0.25) is 12.7 Å². The van der Waals surface area contributed by atoms with Crippen molar-refractivity contribution >= 4 is 17.6 Å². The Morgan fingerprint density at radius 3 is 2.47 bits per heavy atom. The number of benzene rings is 2. The van der Waals surface area contributed by atoms with Gasteiger partial charge in [-0.15, -0.1) is 0 Å². The number of fused-ring (bicyclic) bond motifs is 1. The highest BCUT2D eigenvalue weighted by molar-refractivity contribution is 5.92. The molecule has 3 aromatic rings. The number of hydrogen-bond donors (Lipinski definition) is 1. The van der Waals surface area contributed by atoms with E-state index in [1.54, 1.807) is 36.9 Å². The second-order valence-corrected chi connectivity index (χ2v) is 8.73. The predicted octanol–water partition coefficient (Wildman–Crippen LogP) is 5.07. The van der Waals surface area contributed by atoms with Crippen molar-refractivity contribution in [3.05, 3.63) is 77.2 Å². The van der Waals surface area contributed by atoms with Gasteiger partial charge in [-0.3, -0.25) is 4.79 Å². The maximum absolute atomic E-state index is 14.1. The van der Waals surface area contributed by atoms with Crippen molar-refractivity contribution in [2.24, 2.45) is 0 Å². The smallest absolute Gasteiger partial charge is 0.322 e. The Labute approximate surface area is 207 Å². The van der Waals surface area contributed by atoms with E-state index < -0.39 is 17.7 Å². The zero-order valence-corrected chi connectivity index (χ0v) is 20.2. The highest BCUT2D eigenvalue weighted by atomic mass is 19.1. The quantitative estimate of drug-likeness (QED) is 0.468. The monoisotopic (exact) mass is 499 g/mol. The number of furan rings is 1.